The van der Waals surface area contributed by atoms with E-state index in [0.29, 0.717) is 25.2 Å². The number of hydrogen-bond donors (Lipinski definition) is 2. The fourth-order valence-electron chi connectivity index (χ4n) is 5.38. The van der Waals surface area contributed by atoms with Crippen LogP contribution in [0, 0.1) is 0 Å². The van der Waals surface area contributed by atoms with E-state index in [1.165, 1.54) is 0 Å². The van der Waals surface area contributed by atoms with Crippen LogP contribution in [0.4, 0.5) is 0 Å². The molecule has 2 atom stereocenters. The van der Waals surface area contributed by atoms with E-state index in [-0.39, 0.29) is 31.4 Å². The number of nitrogens with one attached hydrogen (secondary N) is 1. The van der Waals surface area contributed by atoms with Gasteiger partial charge in [-0.1, -0.05) is 42.5 Å². The summed E-state index contributed by atoms with van der Waals surface area (Å²) in [7, 11) is 0. The molecule has 0 saturated carbocycles. The van der Waals surface area contributed by atoms with E-state index < -0.39 is 23.0 Å². The van der Waals surface area contributed by atoms with Crippen LogP contribution in [0.25, 0.3) is 5.70 Å². The molecule has 0 radical (unpaired) electrons. The van der Waals surface area contributed by atoms with Gasteiger partial charge in [-0.3, -0.25) is 24.4 Å². The molecule has 218 valence electrons. The third-order valence-corrected chi connectivity index (χ3v) is 7.60. The van der Waals surface area contributed by atoms with Crippen molar-refractivity contribution < 1.29 is 19.1 Å². The summed E-state index contributed by atoms with van der Waals surface area (Å²) in [5.41, 5.74) is 6.88. The quantitative estimate of drug-likeness (QED) is 0.380. The Hall–Kier alpha value is -4.41. The van der Waals surface area contributed by atoms with Crippen molar-refractivity contribution in [2.45, 2.75) is 44.0 Å². The van der Waals surface area contributed by atoms with E-state index >= 15 is 0 Å². The van der Waals surface area contributed by atoms with E-state index in [4.69, 9.17) is 10.5 Å². The molecule has 1 saturated heterocycles. The molecule has 0 aliphatic carbocycles. The van der Waals surface area contributed by atoms with E-state index in [1.807, 2.05) is 66.7 Å². The van der Waals surface area contributed by atoms with Crippen LogP contribution in [-0.4, -0.2) is 80.7 Å². The fourth-order valence-corrected chi connectivity index (χ4v) is 5.38. The lowest BCUT2D eigenvalue weighted by Gasteiger charge is -2.48. The number of aromatic nitrogens is 2. The predicted octanol–water partition coefficient (Wildman–Crippen LogP) is 1.96. The number of ether oxygens (including phenoxy) is 1. The van der Waals surface area contributed by atoms with Crippen molar-refractivity contribution in [1.82, 2.24) is 25.1 Å². The number of carbonyl (C=O) groups excluding carboxylic acids is 3. The van der Waals surface area contributed by atoms with Crippen molar-refractivity contribution in [2.75, 3.05) is 26.2 Å². The molecule has 0 spiro atoms. The minimum atomic E-state index is -1.19. The van der Waals surface area contributed by atoms with E-state index in [9.17, 15) is 14.4 Å². The molecule has 2 amide bonds. The largest absolute Gasteiger partial charge is 0.374 e. The Morgan fingerprint density at radius 2 is 1.74 bits per heavy atom. The Morgan fingerprint density at radius 3 is 2.40 bits per heavy atom. The predicted molar refractivity (Wildman–Crippen MR) is 157 cm³/mol. The molecule has 2 aromatic heterocycles. The third-order valence-electron chi connectivity index (χ3n) is 7.60. The van der Waals surface area contributed by atoms with Gasteiger partial charge in [-0.2, -0.15) is 0 Å². The van der Waals surface area contributed by atoms with Gasteiger partial charge in [-0.05, 0) is 43.7 Å². The average molecular weight is 569 g/mol. The van der Waals surface area contributed by atoms with Gasteiger partial charge < -0.3 is 25.6 Å². The molecule has 0 bridgehead atoms. The number of benzene rings is 1. The van der Waals surface area contributed by atoms with Crippen LogP contribution in [0.2, 0.25) is 0 Å². The van der Waals surface area contributed by atoms with Crippen LogP contribution in [-0.2, 0) is 32.1 Å². The van der Waals surface area contributed by atoms with Crippen molar-refractivity contribution in [3.8, 4) is 0 Å². The van der Waals surface area contributed by atoms with Gasteiger partial charge in [0.15, 0.2) is 5.78 Å². The standard InChI is InChI=1S/C32H36N6O4/c1-31(2,33)30(41)36-26(21-42-20-23-10-4-3-5-11-23)29(40)37-16-17-38-27(25-13-7-9-15-35-25)18-28(39)32(38,22-37)19-24-12-6-8-14-34-24/h3-15,18,26H,16-17,19-22,33H2,1-2H3,(H,36,41)/t26-,32?/m1/s1. The summed E-state index contributed by atoms with van der Waals surface area (Å²) in [4.78, 5) is 53.5. The Bertz CT molecular complexity index is 1440. The first-order valence-electron chi connectivity index (χ1n) is 14.0. The fraction of sp³-hybridized carbons (Fsp3) is 0.344. The lowest BCUT2D eigenvalue weighted by atomic mass is 9.86. The number of piperazine rings is 1. The maximum Gasteiger partial charge on any atom is 0.247 e. The smallest absolute Gasteiger partial charge is 0.247 e. The molecule has 4 heterocycles. The molecular weight excluding hydrogens is 532 g/mol. The van der Waals surface area contributed by atoms with E-state index in [0.717, 1.165) is 17.0 Å². The highest BCUT2D eigenvalue weighted by molar-refractivity contribution is 6.08. The van der Waals surface area contributed by atoms with Crippen molar-refractivity contribution in [2.24, 2.45) is 5.73 Å². The van der Waals surface area contributed by atoms with Gasteiger partial charge >= 0.3 is 0 Å². The summed E-state index contributed by atoms with van der Waals surface area (Å²) in [6.45, 7) is 4.26. The van der Waals surface area contributed by atoms with Crippen LogP contribution in [0.5, 0.6) is 0 Å². The van der Waals surface area contributed by atoms with Gasteiger partial charge in [0.1, 0.15) is 11.6 Å². The summed E-state index contributed by atoms with van der Waals surface area (Å²) in [6.07, 6.45) is 5.32. The molecule has 1 unspecified atom stereocenters. The number of amides is 2. The first kappa shape index (κ1) is 29.1. The highest BCUT2D eigenvalue weighted by atomic mass is 16.5. The lowest BCUT2D eigenvalue weighted by molar-refractivity contribution is -0.144. The first-order valence-corrected chi connectivity index (χ1v) is 14.0. The summed E-state index contributed by atoms with van der Waals surface area (Å²) < 4.78 is 5.90. The monoisotopic (exact) mass is 568 g/mol. The molecule has 42 heavy (non-hydrogen) atoms. The third kappa shape index (κ3) is 6.24. The number of carbonyl (C=O) groups is 3. The lowest BCUT2D eigenvalue weighted by Crippen LogP contribution is -2.67. The number of pyridine rings is 2. The number of rotatable bonds is 10. The number of hydrogen-bond acceptors (Lipinski definition) is 8. The minimum Gasteiger partial charge on any atom is -0.374 e. The van der Waals surface area contributed by atoms with Gasteiger partial charge in [0, 0.05) is 43.7 Å². The number of nitrogens with zero attached hydrogens (tertiary/aromatic N) is 4. The molecule has 5 rings (SSSR count). The maximum atomic E-state index is 14.1. The second kappa shape index (κ2) is 12.2. The van der Waals surface area contributed by atoms with Gasteiger partial charge in [0.25, 0.3) is 0 Å². The zero-order valence-corrected chi connectivity index (χ0v) is 23.9. The summed E-state index contributed by atoms with van der Waals surface area (Å²) in [5, 5.41) is 2.79. The van der Waals surface area contributed by atoms with Crippen LogP contribution in [0.3, 0.4) is 0 Å². The molecule has 2 aliphatic heterocycles. The van der Waals surface area contributed by atoms with Crippen LogP contribution < -0.4 is 11.1 Å². The van der Waals surface area contributed by atoms with Gasteiger partial charge in [-0.25, -0.2) is 0 Å². The van der Waals surface area contributed by atoms with Crippen molar-refractivity contribution in [1.29, 1.82) is 0 Å². The van der Waals surface area contributed by atoms with Crippen LogP contribution in [0.1, 0.15) is 30.8 Å². The summed E-state index contributed by atoms with van der Waals surface area (Å²) in [5.74, 6) is -0.919. The molecule has 3 N–H and O–H groups in total. The highest BCUT2D eigenvalue weighted by Crippen LogP contribution is 2.39. The van der Waals surface area contributed by atoms with Crippen molar-refractivity contribution in [3.05, 3.63) is 102 Å². The second-order valence-corrected chi connectivity index (χ2v) is 11.3. The molecule has 10 heteroatoms. The van der Waals surface area contributed by atoms with Crippen molar-refractivity contribution in [3.63, 3.8) is 0 Å². The second-order valence-electron chi connectivity index (χ2n) is 11.3. The summed E-state index contributed by atoms with van der Waals surface area (Å²) in [6, 6.07) is 19.8. The minimum absolute atomic E-state index is 0.0472. The molecule has 3 aromatic rings. The topological polar surface area (TPSA) is 131 Å². The van der Waals surface area contributed by atoms with Gasteiger partial charge in [0.2, 0.25) is 11.8 Å². The number of nitrogens with two attached hydrogens (primary N) is 1. The maximum absolute atomic E-state index is 14.1. The van der Waals surface area contributed by atoms with E-state index in [2.05, 4.69) is 20.2 Å². The molecule has 10 nitrogen and oxygen atoms in total. The normalized spacial score (nSPS) is 19.2. The zero-order valence-electron chi connectivity index (χ0n) is 23.9. The summed E-state index contributed by atoms with van der Waals surface area (Å²) >= 11 is 0. The molecule has 1 aromatic carbocycles. The van der Waals surface area contributed by atoms with Gasteiger partial charge in [-0.15, -0.1) is 0 Å². The molecular formula is C32H36N6O4. The average Bonchev–Trinajstić information content (AvgIpc) is 3.28. The first-order chi connectivity index (χ1) is 20.2. The zero-order chi connectivity index (χ0) is 29.7. The Labute approximate surface area is 245 Å². The van der Waals surface area contributed by atoms with Gasteiger partial charge in [0.05, 0.1) is 36.7 Å². The Kier molecular flexibility index (Phi) is 8.46. The van der Waals surface area contributed by atoms with Crippen LogP contribution in [0.15, 0.2) is 85.2 Å². The van der Waals surface area contributed by atoms with Crippen molar-refractivity contribution >= 4 is 23.3 Å². The Balaban J connectivity index is 1.41. The number of ketones is 1. The number of fused-ring (bicyclic) bond motifs is 1. The Morgan fingerprint density at radius 1 is 1.02 bits per heavy atom. The SMILES string of the molecule is CC(C)(N)C(=O)N[C@H](COCc1ccccc1)C(=O)N1CCN2C(c3ccccn3)=CC(=O)C2(Cc2ccccn2)C1. The highest BCUT2D eigenvalue weighted by Gasteiger charge is 2.53. The van der Waals surface area contributed by atoms with E-state index in [1.54, 1.807) is 37.2 Å². The molecule has 1 fully saturated rings. The van der Waals surface area contributed by atoms with Crippen LogP contribution >= 0.6 is 0 Å². The molecule has 2 aliphatic rings.